The first-order chi connectivity index (χ1) is 7.74. The average Bonchev–Trinajstić information content (AvgIpc) is 2.35. The second-order valence-electron chi connectivity index (χ2n) is 3.26. The zero-order valence-electron chi connectivity index (χ0n) is 12.2. The second-order valence-corrected chi connectivity index (χ2v) is 3.26. The molecule has 0 aromatic heterocycles. The number of nitrogens with zero attached hydrogens (tertiary/aromatic N) is 1. The van der Waals surface area contributed by atoms with Gasteiger partial charge in [-0.25, -0.2) is 0 Å². The van der Waals surface area contributed by atoms with Gasteiger partial charge in [-0.1, -0.05) is 52.3 Å². The molecule has 0 bridgehead atoms. The van der Waals surface area contributed by atoms with Gasteiger partial charge in [0.15, 0.2) is 0 Å². The van der Waals surface area contributed by atoms with E-state index in [1.54, 1.807) is 0 Å². The van der Waals surface area contributed by atoms with Gasteiger partial charge in [0.1, 0.15) is 0 Å². The van der Waals surface area contributed by atoms with Gasteiger partial charge in [0.2, 0.25) is 0 Å². The van der Waals surface area contributed by atoms with Crippen LogP contribution in [0.1, 0.15) is 46.6 Å². The second kappa shape index (κ2) is 12.1. The van der Waals surface area contributed by atoms with Crippen molar-refractivity contribution in [2.75, 3.05) is 18.5 Å². The molecule has 1 heteroatoms. The Morgan fingerprint density at radius 1 is 0.938 bits per heavy atom. The monoisotopic (exact) mass is 223 g/mol. The van der Waals surface area contributed by atoms with Crippen LogP contribution in [0.15, 0.2) is 24.3 Å². The van der Waals surface area contributed by atoms with E-state index in [0.717, 1.165) is 6.54 Å². The van der Waals surface area contributed by atoms with Crippen molar-refractivity contribution >= 4 is 5.69 Å². The lowest BCUT2D eigenvalue weighted by atomic mass is 10.2. The predicted octanol–water partition coefficient (Wildman–Crippen LogP) is 4.89. The molecule has 0 N–H and O–H groups in total. The van der Waals surface area contributed by atoms with Crippen molar-refractivity contribution in [1.82, 2.24) is 0 Å². The molecule has 94 valence electrons. The number of anilines is 1. The van der Waals surface area contributed by atoms with Crippen molar-refractivity contribution in [2.45, 2.75) is 48.0 Å². The number of hydrogen-bond acceptors (Lipinski definition) is 1. The van der Waals surface area contributed by atoms with Gasteiger partial charge in [-0.3, -0.25) is 0 Å². The highest BCUT2D eigenvalue weighted by Gasteiger charge is 1.96. The Labute approximate surface area is 102 Å². The predicted molar refractivity (Wildman–Crippen MR) is 77.4 cm³/mol. The van der Waals surface area contributed by atoms with Crippen LogP contribution in [-0.2, 0) is 0 Å². The van der Waals surface area contributed by atoms with Crippen LogP contribution in [-0.4, -0.2) is 13.6 Å². The summed E-state index contributed by atoms with van der Waals surface area (Å²) in [5.41, 5.74) is 2.63. The molecule has 16 heavy (non-hydrogen) atoms. The van der Waals surface area contributed by atoms with Crippen LogP contribution in [0.2, 0.25) is 0 Å². The largest absolute Gasteiger partial charge is 0.375 e. The fraction of sp³-hybridized carbons (Fsp3) is 0.600. The van der Waals surface area contributed by atoms with Crippen LogP contribution >= 0.6 is 0 Å². The molecule has 0 saturated carbocycles. The Morgan fingerprint density at radius 2 is 1.38 bits per heavy atom. The minimum atomic E-state index is 1.13. The van der Waals surface area contributed by atoms with Gasteiger partial charge in [0.25, 0.3) is 0 Å². The van der Waals surface area contributed by atoms with E-state index >= 15 is 0 Å². The van der Waals surface area contributed by atoms with Crippen LogP contribution in [0.25, 0.3) is 0 Å². The van der Waals surface area contributed by atoms with E-state index in [-0.39, 0.29) is 0 Å². The summed E-state index contributed by atoms with van der Waals surface area (Å²) in [5, 5.41) is 0. The van der Waals surface area contributed by atoms with Crippen LogP contribution in [0.3, 0.4) is 0 Å². The van der Waals surface area contributed by atoms with Crippen LogP contribution in [0, 0.1) is 6.92 Å². The van der Waals surface area contributed by atoms with E-state index in [2.05, 4.69) is 50.1 Å². The highest BCUT2D eigenvalue weighted by molar-refractivity contribution is 5.46. The Morgan fingerprint density at radius 3 is 1.75 bits per heavy atom. The molecule has 0 radical (unpaired) electrons. The smallest absolute Gasteiger partial charge is 0.0363 e. The summed E-state index contributed by atoms with van der Waals surface area (Å²) in [7, 11) is 2.13. The minimum absolute atomic E-state index is 1.13. The zero-order chi connectivity index (χ0) is 13.0. The molecule has 0 amide bonds. The van der Waals surface area contributed by atoms with Crippen LogP contribution in [0.5, 0.6) is 0 Å². The van der Waals surface area contributed by atoms with Crippen LogP contribution in [0.4, 0.5) is 5.69 Å². The summed E-state index contributed by atoms with van der Waals surface area (Å²) in [4.78, 5) is 2.28. The van der Waals surface area contributed by atoms with E-state index in [1.807, 2.05) is 27.7 Å². The molecule has 1 aromatic carbocycles. The van der Waals surface area contributed by atoms with Gasteiger partial charge < -0.3 is 4.90 Å². The molecule has 0 atom stereocenters. The number of rotatable bonds is 3. The van der Waals surface area contributed by atoms with Crippen molar-refractivity contribution in [3.8, 4) is 0 Å². The van der Waals surface area contributed by atoms with E-state index in [9.17, 15) is 0 Å². The molecule has 1 nitrogen and oxygen atoms in total. The number of aryl methyl sites for hydroxylation is 1. The third-order valence-electron chi connectivity index (χ3n) is 2.03. The van der Waals surface area contributed by atoms with Gasteiger partial charge in [-0.15, -0.1) is 0 Å². The molecule has 0 unspecified atom stereocenters. The highest BCUT2D eigenvalue weighted by atomic mass is 15.1. The first-order valence-corrected chi connectivity index (χ1v) is 6.52. The van der Waals surface area contributed by atoms with Gasteiger partial charge in [0.05, 0.1) is 0 Å². The summed E-state index contributed by atoms with van der Waals surface area (Å²) < 4.78 is 0. The Balaban J connectivity index is 0. The van der Waals surface area contributed by atoms with Crippen molar-refractivity contribution in [3.63, 3.8) is 0 Å². The standard InChI is InChI=1S/C11H17N.2C2H6/c1-4-9-12(3)11-7-5-10(2)6-8-11;2*1-2/h5-8H,4,9H2,1-3H3;2*1-2H3. The maximum atomic E-state index is 2.28. The van der Waals surface area contributed by atoms with E-state index in [1.165, 1.54) is 17.7 Å². The molecule has 0 aliphatic carbocycles. The topological polar surface area (TPSA) is 3.24 Å². The number of benzene rings is 1. The van der Waals surface area contributed by atoms with Crippen molar-refractivity contribution in [3.05, 3.63) is 29.8 Å². The van der Waals surface area contributed by atoms with E-state index in [0.29, 0.717) is 0 Å². The van der Waals surface area contributed by atoms with Gasteiger partial charge in [-0.2, -0.15) is 0 Å². The molecule has 1 rings (SSSR count). The normalized spacial score (nSPS) is 8.19. The molecule has 0 aliphatic heterocycles. The molecular formula is C15H29N. The molecule has 0 saturated heterocycles. The molecule has 0 aliphatic rings. The quantitative estimate of drug-likeness (QED) is 0.705. The summed E-state index contributed by atoms with van der Waals surface area (Å²) in [6.07, 6.45) is 1.20. The van der Waals surface area contributed by atoms with Crippen molar-refractivity contribution in [1.29, 1.82) is 0 Å². The molecule has 0 spiro atoms. The third-order valence-corrected chi connectivity index (χ3v) is 2.03. The third kappa shape index (κ3) is 7.33. The minimum Gasteiger partial charge on any atom is -0.375 e. The zero-order valence-corrected chi connectivity index (χ0v) is 12.2. The lowest BCUT2D eigenvalue weighted by Gasteiger charge is -2.18. The molecule has 0 fully saturated rings. The molecular weight excluding hydrogens is 194 g/mol. The fourth-order valence-electron chi connectivity index (χ4n) is 1.26. The summed E-state index contributed by atoms with van der Waals surface area (Å²) in [6, 6.07) is 8.65. The van der Waals surface area contributed by atoms with Crippen molar-refractivity contribution in [2.24, 2.45) is 0 Å². The molecule has 0 heterocycles. The van der Waals surface area contributed by atoms with Crippen LogP contribution < -0.4 is 4.90 Å². The Kier molecular flexibility index (Phi) is 13.2. The highest BCUT2D eigenvalue weighted by Crippen LogP contribution is 2.12. The number of hydrogen-bond donors (Lipinski definition) is 0. The molecule has 1 aromatic rings. The maximum absolute atomic E-state index is 2.28. The van der Waals surface area contributed by atoms with Gasteiger partial charge >= 0.3 is 0 Å². The average molecular weight is 223 g/mol. The summed E-state index contributed by atoms with van der Waals surface area (Å²) >= 11 is 0. The van der Waals surface area contributed by atoms with Gasteiger partial charge in [-0.05, 0) is 25.5 Å². The van der Waals surface area contributed by atoms with Gasteiger partial charge in [0, 0.05) is 19.3 Å². The summed E-state index contributed by atoms with van der Waals surface area (Å²) in [5.74, 6) is 0. The first kappa shape index (κ1) is 17.4. The van der Waals surface area contributed by atoms with E-state index in [4.69, 9.17) is 0 Å². The SMILES string of the molecule is CC.CC.CCCN(C)c1ccc(C)cc1. The Hall–Kier alpha value is -0.980. The fourth-order valence-corrected chi connectivity index (χ4v) is 1.26. The van der Waals surface area contributed by atoms with E-state index < -0.39 is 0 Å². The maximum Gasteiger partial charge on any atom is 0.0363 e. The summed E-state index contributed by atoms with van der Waals surface area (Å²) in [6.45, 7) is 13.4. The Bertz CT molecular complexity index is 226. The lowest BCUT2D eigenvalue weighted by molar-refractivity contribution is 0.852. The lowest BCUT2D eigenvalue weighted by Crippen LogP contribution is -2.17. The first-order valence-electron chi connectivity index (χ1n) is 6.52. The van der Waals surface area contributed by atoms with Crippen molar-refractivity contribution < 1.29 is 0 Å².